The van der Waals surface area contributed by atoms with Gasteiger partial charge in [0.15, 0.2) is 0 Å². The maximum Gasteiger partial charge on any atom is 0.457 e. The molecule has 136 valence electrons. The zero-order valence-electron chi connectivity index (χ0n) is 14.7. The maximum absolute atomic E-state index is 12.4. The van der Waals surface area contributed by atoms with E-state index in [1.807, 2.05) is 0 Å². The zero-order valence-corrected chi connectivity index (χ0v) is 16.3. The summed E-state index contributed by atoms with van der Waals surface area (Å²) in [6.07, 6.45) is 3.88. The predicted octanol–water partition coefficient (Wildman–Crippen LogP) is 2.25. The van der Waals surface area contributed by atoms with Crippen LogP contribution in [-0.4, -0.2) is 86.4 Å². The summed E-state index contributed by atoms with van der Waals surface area (Å²) in [5.41, 5.74) is 0. The summed E-state index contributed by atoms with van der Waals surface area (Å²) < 4.78 is 23.3. The van der Waals surface area contributed by atoms with E-state index in [0.717, 1.165) is 25.7 Å². The van der Waals surface area contributed by atoms with E-state index in [1.165, 1.54) is 0 Å². The van der Waals surface area contributed by atoms with E-state index in [2.05, 4.69) is 38.0 Å². The number of hydrogen-bond acceptors (Lipinski definition) is 7. The van der Waals surface area contributed by atoms with Crippen LogP contribution in [0.4, 0.5) is 0 Å². The number of nitrogens with zero attached hydrogens (tertiary/aromatic N) is 4. The van der Waals surface area contributed by atoms with E-state index < -0.39 is 6.95 Å². The van der Waals surface area contributed by atoms with Gasteiger partial charge in [0.05, 0.1) is 0 Å². The third kappa shape index (κ3) is 6.25. The first-order chi connectivity index (χ1) is 10.8. The van der Waals surface area contributed by atoms with Crippen molar-refractivity contribution < 1.29 is 13.8 Å². The molecule has 2 fully saturated rings. The van der Waals surface area contributed by atoms with Gasteiger partial charge in [-0.3, -0.25) is 0 Å². The Morgan fingerprint density at radius 1 is 0.826 bits per heavy atom. The molecule has 0 aliphatic carbocycles. The molecule has 2 saturated heterocycles. The third-order valence-corrected chi connectivity index (χ3v) is 5.96. The molecule has 0 saturated carbocycles. The highest BCUT2D eigenvalue weighted by Gasteiger charge is 2.33. The first-order valence-electron chi connectivity index (χ1n) is 8.29. The minimum absolute atomic E-state index is 0.538. The Balaban J connectivity index is 1.74. The van der Waals surface area contributed by atoms with Crippen molar-refractivity contribution in [3.05, 3.63) is 0 Å². The van der Waals surface area contributed by atoms with Crippen LogP contribution in [0.25, 0.3) is 0 Å². The Labute approximate surface area is 144 Å². The fraction of sp³-hybridized carbons (Fsp3) is 1.00. The molecule has 0 spiro atoms. The van der Waals surface area contributed by atoms with Crippen molar-refractivity contribution in [2.45, 2.75) is 37.8 Å². The van der Waals surface area contributed by atoms with E-state index in [9.17, 15) is 4.57 Å². The molecule has 23 heavy (non-hydrogen) atoms. The van der Waals surface area contributed by atoms with Crippen LogP contribution in [0.1, 0.15) is 25.7 Å². The third-order valence-electron chi connectivity index (χ3n) is 4.73. The summed E-state index contributed by atoms with van der Waals surface area (Å²) >= 11 is 6.01. The van der Waals surface area contributed by atoms with Gasteiger partial charge in [-0.2, -0.15) is 10.1 Å². The molecule has 0 N–H and O–H groups in total. The van der Waals surface area contributed by atoms with Crippen molar-refractivity contribution in [1.82, 2.24) is 19.9 Å². The van der Waals surface area contributed by atoms with Gasteiger partial charge in [-0.15, -0.1) is 0 Å². The molecule has 9 heteroatoms. The van der Waals surface area contributed by atoms with Crippen molar-refractivity contribution in [3.8, 4) is 0 Å². The van der Waals surface area contributed by atoms with Crippen molar-refractivity contribution in [1.29, 1.82) is 0 Å². The van der Waals surface area contributed by atoms with Crippen LogP contribution in [-0.2, 0) is 13.8 Å². The number of hydrogen-bond donors (Lipinski definition) is 0. The van der Waals surface area contributed by atoms with E-state index in [0.29, 0.717) is 38.3 Å². The van der Waals surface area contributed by atoms with Crippen LogP contribution in [0.2, 0.25) is 0 Å². The summed E-state index contributed by atoms with van der Waals surface area (Å²) in [6, 6.07) is 1.08. The Bertz CT molecular complexity index is 377. The van der Waals surface area contributed by atoms with Crippen molar-refractivity contribution in [3.63, 3.8) is 0 Å². The predicted molar refractivity (Wildman–Crippen MR) is 92.2 cm³/mol. The second kappa shape index (κ2) is 8.59. The van der Waals surface area contributed by atoms with Gasteiger partial charge in [-0.1, -0.05) is 0 Å². The lowest BCUT2D eigenvalue weighted by Crippen LogP contribution is -2.42. The fourth-order valence-corrected chi connectivity index (χ4v) is 4.60. The Kier molecular flexibility index (Phi) is 7.32. The highest BCUT2D eigenvalue weighted by atomic mass is 35.7. The molecule has 0 atom stereocenters. The SMILES string of the molecule is CN(C)C1CCN(OP(=O)(Cl)ON2CCC(N(C)C)CC2)CC1. The minimum Gasteiger partial charge on any atom is -0.306 e. The van der Waals surface area contributed by atoms with Gasteiger partial charge in [0.25, 0.3) is 0 Å². The van der Waals surface area contributed by atoms with Crippen molar-refractivity contribution in [2.75, 3.05) is 54.4 Å². The average molecular weight is 369 g/mol. The number of halogens is 1. The van der Waals surface area contributed by atoms with Crippen LogP contribution in [0, 0.1) is 0 Å². The molecule has 0 unspecified atom stereocenters. The Morgan fingerprint density at radius 3 is 1.39 bits per heavy atom. The Morgan fingerprint density at radius 2 is 1.13 bits per heavy atom. The molecule has 0 radical (unpaired) electrons. The molecule has 2 heterocycles. The van der Waals surface area contributed by atoms with Gasteiger partial charge in [0, 0.05) is 49.5 Å². The highest BCUT2D eigenvalue weighted by molar-refractivity contribution is 7.81. The molecular weight excluding hydrogens is 339 g/mol. The molecule has 2 rings (SSSR count). The van der Waals surface area contributed by atoms with E-state index in [1.54, 1.807) is 10.1 Å². The van der Waals surface area contributed by atoms with E-state index in [4.69, 9.17) is 20.5 Å². The summed E-state index contributed by atoms with van der Waals surface area (Å²) in [6.45, 7) is -0.764. The quantitative estimate of drug-likeness (QED) is 0.666. The van der Waals surface area contributed by atoms with Crippen molar-refractivity contribution in [2.24, 2.45) is 0 Å². The second-order valence-corrected chi connectivity index (χ2v) is 9.27. The monoisotopic (exact) mass is 368 g/mol. The molecule has 0 amide bonds. The van der Waals surface area contributed by atoms with Gasteiger partial charge in [0.2, 0.25) is 0 Å². The Hall–Kier alpha value is 0.280. The lowest BCUT2D eigenvalue weighted by molar-refractivity contribution is -0.136. The van der Waals surface area contributed by atoms with Crippen LogP contribution < -0.4 is 0 Å². The number of hydroxylamine groups is 4. The van der Waals surface area contributed by atoms with Gasteiger partial charge < -0.3 is 9.80 Å². The molecule has 0 aromatic rings. The lowest BCUT2D eigenvalue weighted by atomic mass is 10.1. The second-order valence-electron chi connectivity index (χ2n) is 6.84. The first kappa shape index (κ1) is 19.6. The van der Waals surface area contributed by atoms with Gasteiger partial charge >= 0.3 is 6.95 Å². The summed E-state index contributed by atoms with van der Waals surface area (Å²) in [7, 11) is 8.31. The molecule has 2 aliphatic heterocycles. The van der Waals surface area contributed by atoms with Gasteiger partial charge in [0.1, 0.15) is 0 Å². The summed E-state index contributed by atoms with van der Waals surface area (Å²) in [4.78, 5) is 4.42. The minimum atomic E-state index is -3.62. The highest BCUT2D eigenvalue weighted by Crippen LogP contribution is 2.55. The zero-order chi connectivity index (χ0) is 17.0. The molecule has 2 aliphatic rings. The summed E-state index contributed by atoms with van der Waals surface area (Å²) in [5, 5.41) is 3.36. The van der Waals surface area contributed by atoms with Crippen LogP contribution in [0.5, 0.6) is 0 Å². The maximum atomic E-state index is 12.4. The van der Waals surface area contributed by atoms with E-state index >= 15 is 0 Å². The largest absolute Gasteiger partial charge is 0.457 e. The standard InChI is InChI=1S/C14H30ClN4O3P/c1-16(2)13-5-9-18(10-6-13)21-23(15,20)22-19-11-7-14(8-12-19)17(3)4/h13-14H,5-12H2,1-4H3. The van der Waals surface area contributed by atoms with Crippen LogP contribution in [0.15, 0.2) is 0 Å². The smallest absolute Gasteiger partial charge is 0.306 e. The topological polar surface area (TPSA) is 48.5 Å². The molecule has 0 aromatic heterocycles. The van der Waals surface area contributed by atoms with Gasteiger partial charge in [-0.25, -0.2) is 13.8 Å². The fourth-order valence-electron chi connectivity index (χ4n) is 3.17. The van der Waals surface area contributed by atoms with Crippen LogP contribution in [0.3, 0.4) is 0 Å². The number of piperidine rings is 2. The van der Waals surface area contributed by atoms with Crippen molar-refractivity contribution >= 4 is 18.2 Å². The van der Waals surface area contributed by atoms with Crippen LogP contribution >= 0.6 is 18.2 Å². The molecule has 0 bridgehead atoms. The average Bonchev–Trinajstić information content (AvgIpc) is 2.47. The van der Waals surface area contributed by atoms with E-state index in [-0.39, 0.29) is 0 Å². The van der Waals surface area contributed by atoms with Gasteiger partial charge in [-0.05, 0) is 53.9 Å². The normalized spacial score (nSPS) is 24.0. The molecular formula is C14H30ClN4O3P. The molecule has 0 aromatic carbocycles. The first-order valence-corrected chi connectivity index (χ1v) is 10.7. The number of rotatable bonds is 6. The summed E-state index contributed by atoms with van der Waals surface area (Å²) in [5.74, 6) is 0. The molecule has 7 nitrogen and oxygen atoms in total. The lowest BCUT2D eigenvalue weighted by Gasteiger charge is -2.37.